The first-order chi connectivity index (χ1) is 7.16. The number of aryl methyl sites for hydroxylation is 1. The SMILES string of the molecule is Cc1nc(NCC(O)C2CC2)ccc1Br. The highest BCUT2D eigenvalue weighted by Crippen LogP contribution is 2.32. The maximum atomic E-state index is 9.67. The highest BCUT2D eigenvalue weighted by Gasteiger charge is 2.29. The second-order valence-electron chi connectivity index (χ2n) is 4.05. The lowest BCUT2D eigenvalue weighted by Crippen LogP contribution is -2.21. The highest BCUT2D eigenvalue weighted by molar-refractivity contribution is 9.10. The Labute approximate surface area is 98.0 Å². The first kappa shape index (κ1) is 10.9. The van der Waals surface area contributed by atoms with Gasteiger partial charge in [-0.15, -0.1) is 0 Å². The van der Waals surface area contributed by atoms with E-state index in [9.17, 15) is 5.11 Å². The molecule has 0 aliphatic heterocycles. The largest absolute Gasteiger partial charge is 0.391 e. The van der Waals surface area contributed by atoms with Crippen molar-refractivity contribution in [1.82, 2.24) is 4.98 Å². The second kappa shape index (κ2) is 4.49. The molecule has 1 atom stereocenters. The van der Waals surface area contributed by atoms with Crippen molar-refractivity contribution in [2.24, 2.45) is 5.92 Å². The van der Waals surface area contributed by atoms with Crippen LogP contribution in [0, 0.1) is 12.8 Å². The number of nitrogens with zero attached hydrogens (tertiary/aromatic N) is 1. The van der Waals surface area contributed by atoms with Gasteiger partial charge in [-0.05, 0) is 53.7 Å². The maximum absolute atomic E-state index is 9.67. The van der Waals surface area contributed by atoms with Crippen molar-refractivity contribution in [2.45, 2.75) is 25.9 Å². The minimum absolute atomic E-state index is 0.226. The molecule has 0 radical (unpaired) electrons. The minimum Gasteiger partial charge on any atom is -0.391 e. The first-order valence-electron chi connectivity index (χ1n) is 5.22. The molecule has 1 aliphatic rings. The quantitative estimate of drug-likeness (QED) is 0.883. The Hall–Kier alpha value is -0.610. The van der Waals surface area contributed by atoms with Crippen LogP contribution in [-0.2, 0) is 0 Å². The predicted molar refractivity (Wildman–Crippen MR) is 63.9 cm³/mol. The second-order valence-corrected chi connectivity index (χ2v) is 4.90. The first-order valence-corrected chi connectivity index (χ1v) is 6.01. The zero-order valence-corrected chi connectivity index (χ0v) is 10.3. The summed E-state index contributed by atoms with van der Waals surface area (Å²) in [5.41, 5.74) is 0.959. The molecule has 2 N–H and O–H groups in total. The van der Waals surface area contributed by atoms with E-state index in [-0.39, 0.29) is 6.10 Å². The van der Waals surface area contributed by atoms with Gasteiger partial charge >= 0.3 is 0 Å². The van der Waals surface area contributed by atoms with Gasteiger partial charge in [0.25, 0.3) is 0 Å². The number of nitrogens with one attached hydrogen (secondary N) is 1. The van der Waals surface area contributed by atoms with Gasteiger partial charge in [0, 0.05) is 11.0 Å². The Morgan fingerprint density at radius 1 is 1.60 bits per heavy atom. The van der Waals surface area contributed by atoms with Gasteiger partial charge in [0.1, 0.15) is 5.82 Å². The van der Waals surface area contributed by atoms with Crippen LogP contribution in [-0.4, -0.2) is 22.7 Å². The number of aliphatic hydroxyl groups is 1. The molecule has 82 valence electrons. The van der Waals surface area contributed by atoms with Crippen molar-refractivity contribution in [2.75, 3.05) is 11.9 Å². The summed E-state index contributed by atoms with van der Waals surface area (Å²) in [5, 5.41) is 12.8. The topological polar surface area (TPSA) is 45.2 Å². The van der Waals surface area contributed by atoms with E-state index >= 15 is 0 Å². The summed E-state index contributed by atoms with van der Waals surface area (Å²) in [7, 11) is 0. The standard InChI is InChI=1S/C11H15BrN2O/c1-7-9(12)4-5-11(14-7)13-6-10(15)8-2-3-8/h4-5,8,10,15H,2-3,6H2,1H3,(H,13,14). The van der Waals surface area contributed by atoms with Crippen LogP contribution < -0.4 is 5.32 Å². The van der Waals surface area contributed by atoms with Crippen LogP contribution >= 0.6 is 15.9 Å². The average Bonchev–Trinajstić information content (AvgIpc) is 3.03. The molecule has 0 aromatic carbocycles. The van der Waals surface area contributed by atoms with Gasteiger partial charge in [-0.25, -0.2) is 4.98 Å². The molecule has 0 bridgehead atoms. The Morgan fingerprint density at radius 2 is 2.33 bits per heavy atom. The number of anilines is 1. The van der Waals surface area contributed by atoms with Crippen molar-refractivity contribution in [3.8, 4) is 0 Å². The molecule has 15 heavy (non-hydrogen) atoms. The van der Waals surface area contributed by atoms with Crippen molar-refractivity contribution >= 4 is 21.7 Å². The maximum Gasteiger partial charge on any atom is 0.126 e. The zero-order chi connectivity index (χ0) is 10.8. The van der Waals surface area contributed by atoms with Crippen molar-refractivity contribution in [1.29, 1.82) is 0 Å². The molecule has 3 nitrogen and oxygen atoms in total. The summed E-state index contributed by atoms with van der Waals surface area (Å²) in [6.45, 7) is 2.55. The van der Waals surface area contributed by atoms with E-state index in [1.165, 1.54) is 0 Å². The third kappa shape index (κ3) is 2.92. The van der Waals surface area contributed by atoms with Crippen molar-refractivity contribution < 1.29 is 5.11 Å². The Balaban J connectivity index is 1.89. The number of halogens is 1. The van der Waals surface area contributed by atoms with Gasteiger partial charge < -0.3 is 10.4 Å². The Morgan fingerprint density at radius 3 is 2.93 bits per heavy atom. The molecular formula is C11H15BrN2O. The monoisotopic (exact) mass is 270 g/mol. The summed E-state index contributed by atoms with van der Waals surface area (Å²) < 4.78 is 1.01. The summed E-state index contributed by atoms with van der Waals surface area (Å²) in [5.74, 6) is 1.34. The van der Waals surface area contributed by atoms with Gasteiger partial charge in [0.2, 0.25) is 0 Å². The molecule has 1 heterocycles. The van der Waals surface area contributed by atoms with E-state index in [0.717, 1.165) is 28.8 Å². The molecule has 1 aromatic heterocycles. The van der Waals surface area contributed by atoms with E-state index in [4.69, 9.17) is 0 Å². The Kier molecular flexibility index (Phi) is 3.26. The van der Waals surface area contributed by atoms with Gasteiger partial charge in [-0.2, -0.15) is 0 Å². The molecule has 0 saturated heterocycles. The summed E-state index contributed by atoms with van der Waals surface area (Å²) in [6, 6.07) is 3.88. The Bertz CT molecular complexity index is 352. The fourth-order valence-corrected chi connectivity index (χ4v) is 1.72. The lowest BCUT2D eigenvalue weighted by molar-refractivity contribution is 0.164. The zero-order valence-electron chi connectivity index (χ0n) is 8.70. The van der Waals surface area contributed by atoms with Gasteiger partial charge in [0.15, 0.2) is 0 Å². The molecule has 4 heteroatoms. The third-order valence-electron chi connectivity index (χ3n) is 2.68. The van der Waals surface area contributed by atoms with Crippen molar-refractivity contribution in [3.63, 3.8) is 0 Å². The van der Waals surface area contributed by atoms with Crippen LogP contribution in [0.1, 0.15) is 18.5 Å². The van der Waals surface area contributed by atoms with Gasteiger partial charge in [-0.1, -0.05) is 0 Å². The van der Waals surface area contributed by atoms with Crippen LogP contribution in [0.25, 0.3) is 0 Å². The summed E-state index contributed by atoms with van der Waals surface area (Å²) in [4.78, 5) is 4.36. The third-order valence-corrected chi connectivity index (χ3v) is 3.52. The van der Waals surface area contributed by atoms with Crippen molar-refractivity contribution in [3.05, 3.63) is 22.3 Å². The summed E-state index contributed by atoms with van der Waals surface area (Å²) >= 11 is 3.40. The van der Waals surface area contributed by atoms with E-state index in [2.05, 4.69) is 26.2 Å². The number of pyridine rings is 1. The van der Waals surface area contributed by atoms with Crippen LogP contribution in [0.3, 0.4) is 0 Å². The number of aromatic nitrogens is 1. The molecule has 1 unspecified atom stereocenters. The number of hydrogen-bond donors (Lipinski definition) is 2. The van der Waals surface area contributed by atoms with Crippen LogP contribution in [0.4, 0.5) is 5.82 Å². The minimum atomic E-state index is -0.226. The molecule has 2 rings (SSSR count). The van der Waals surface area contributed by atoms with E-state index in [1.807, 2.05) is 19.1 Å². The highest BCUT2D eigenvalue weighted by atomic mass is 79.9. The fraction of sp³-hybridized carbons (Fsp3) is 0.545. The molecular weight excluding hydrogens is 256 g/mol. The van der Waals surface area contributed by atoms with E-state index in [1.54, 1.807) is 0 Å². The average molecular weight is 271 g/mol. The lowest BCUT2D eigenvalue weighted by Gasteiger charge is -2.11. The molecule has 1 aliphatic carbocycles. The lowest BCUT2D eigenvalue weighted by atomic mass is 10.2. The van der Waals surface area contributed by atoms with Crippen LogP contribution in [0.5, 0.6) is 0 Å². The molecule has 1 fully saturated rings. The van der Waals surface area contributed by atoms with E-state index < -0.39 is 0 Å². The molecule has 0 amide bonds. The number of aliphatic hydroxyl groups excluding tert-OH is 1. The molecule has 0 spiro atoms. The molecule has 1 aromatic rings. The predicted octanol–water partition coefficient (Wildman–Crippen LogP) is 2.34. The number of hydrogen-bond acceptors (Lipinski definition) is 3. The smallest absolute Gasteiger partial charge is 0.126 e. The fourth-order valence-electron chi connectivity index (χ4n) is 1.50. The van der Waals surface area contributed by atoms with E-state index in [0.29, 0.717) is 12.5 Å². The number of rotatable bonds is 4. The molecule has 1 saturated carbocycles. The normalized spacial score (nSPS) is 17.5. The van der Waals surface area contributed by atoms with Gasteiger partial charge in [-0.3, -0.25) is 0 Å². The van der Waals surface area contributed by atoms with Gasteiger partial charge in [0.05, 0.1) is 11.8 Å². The van der Waals surface area contributed by atoms with Crippen LogP contribution in [0.2, 0.25) is 0 Å². The summed E-state index contributed by atoms with van der Waals surface area (Å²) in [6.07, 6.45) is 2.10. The van der Waals surface area contributed by atoms with Crippen LogP contribution in [0.15, 0.2) is 16.6 Å².